The van der Waals surface area contributed by atoms with Crippen LogP contribution in [0.1, 0.15) is 22.5 Å². The number of thioether (sulfide) groups is 1. The molecule has 0 spiro atoms. The third kappa shape index (κ3) is 5.54. The number of carbonyl (C=O) groups excluding carboxylic acids is 1. The number of carbonyl (C=O) groups is 1. The van der Waals surface area contributed by atoms with Crippen LogP contribution >= 0.6 is 23.1 Å². The Labute approximate surface area is 204 Å². The molecule has 11 heteroatoms. The van der Waals surface area contributed by atoms with Gasteiger partial charge in [0, 0.05) is 10.9 Å². The highest BCUT2D eigenvalue weighted by Gasteiger charge is 2.15. The second kappa shape index (κ2) is 10.2. The van der Waals surface area contributed by atoms with E-state index in [1.54, 1.807) is 0 Å². The molecule has 0 radical (unpaired) electrons. The molecular weight excluding hydrogens is 475 g/mol. The maximum atomic E-state index is 13.0. The molecule has 4 rings (SSSR count). The molecule has 3 N–H and O–H groups in total. The first-order valence-corrected chi connectivity index (χ1v) is 12.2. The normalized spacial score (nSPS) is 10.9. The van der Waals surface area contributed by atoms with Crippen molar-refractivity contribution in [2.24, 2.45) is 0 Å². The zero-order chi connectivity index (χ0) is 24.2. The van der Waals surface area contributed by atoms with Crippen LogP contribution in [0.2, 0.25) is 0 Å². The number of ether oxygens (including phenoxy) is 1. The first-order valence-electron chi connectivity index (χ1n) is 10.3. The number of thiazole rings is 1. The molecule has 0 saturated heterocycles. The molecule has 0 fully saturated rings. The van der Waals surface area contributed by atoms with E-state index in [1.165, 1.54) is 51.4 Å². The van der Waals surface area contributed by atoms with E-state index < -0.39 is 0 Å². The number of aromatic nitrogens is 4. The molecule has 34 heavy (non-hydrogen) atoms. The Morgan fingerprint density at radius 3 is 2.65 bits per heavy atom. The Morgan fingerprint density at radius 2 is 1.88 bits per heavy atom. The summed E-state index contributed by atoms with van der Waals surface area (Å²) in [7, 11) is 0. The summed E-state index contributed by atoms with van der Waals surface area (Å²) in [6, 6.07) is 9.89. The second-order valence-electron chi connectivity index (χ2n) is 7.64. The van der Waals surface area contributed by atoms with E-state index >= 15 is 0 Å². The zero-order valence-electron chi connectivity index (χ0n) is 18.8. The second-order valence-corrected chi connectivity index (χ2v) is 9.44. The van der Waals surface area contributed by atoms with Gasteiger partial charge in [0.25, 0.3) is 0 Å². The molecule has 0 aliphatic rings. The Morgan fingerprint density at radius 1 is 1.15 bits per heavy atom. The largest absolute Gasteiger partial charge is 0.486 e. The lowest BCUT2D eigenvalue weighted by Crippen LogP contribution is -2.18. The molecule has 0 saturated carbocycles. The lowest BCUT2D eigenvalue weighted by molar-refractivity contribution is -0.113. The average molecular weight is 499 g/mol. The van der Waals surface area contributed by atoms with E-state index in [0.29, 0.717) is 21.9 Å². The van der Waals surface area contributed by atoms with Crippen molar-refractivity contribution in [3.63, 3.8) is 0 Å². The van der Waals surface area contributed by atoms with Gasteiger partial charge in [0.15, 0.2) is 11.0 Å². The van der Waals surface area contributed by atoms with Crippen LogP contribution in [0.25, 0.3) is 11.3 Å². The molecule has 2 aromatic carbocycles. The highest BCUT2D eigenvalue weighted by Crippen LogP contribution is 2.29. The first-order chi connectivity index (χ1) is 16.3. The fourth-order valence-corrected chi connectivity index (χ4v) is 4.56. The fraction of sp³-hybridized carbons (Fsp3) is 0.217. The molecule has 4 aromatic rings. The van der Waals surface area contributed by atoms with Gasteiger partial charge in [-0.05, 0) is 67.8 Å². The molecule has 2 heterocycles. The van der Waals surface area contributed by atoms with Crippen molar-refractivity contribution in [1.29, 1.82) is 0 Å². The van der Waals surface area contributed by atoms with Crippen molar-refractivity contribution in [2.45, 2.75) is 32.5 Å². The number of rotatable bonds is 8. The van der Waals surface area contributed by atoms with Crippen LogP contribution < -0.4 is 15.9 Å². The monoisotopic (exact) mass is 498 g/mol. The van der Waals surface area contributed by atoms with Gasteiger partial charge < -0.3 is 15.9 Å². The van der Waals surface area contributed by atoms with E-state index in [-0.39, 0.29) is 24.1 Å². The number of hydrogen-bond acceptors (Lipinski definition) is 8. The van der Waals surface area contributed by atoms with E-state index in [9.17, 15) is 9.18 Å². The molecule has 0 aliphatic heterocycles. The average Bonchev–Trinajstić information content (AvgIpc) is 3.41. The minimum atomic E-state index is -0.347. The Hall–Kier alpha value is -3.44. The summed E-state index contributed by atoms with van der Waals surface area (Å²) in [5.41, 5.74) is 5.47. The van der Waals surface area contributed by atoms with Gasteiger partial charge in [-0.1, -0.05) is 17.8 Å². The van der Waals surface area contributed by atoms with Crippen LogP contribution in [-0.2, 0) is 11.4 Å². The van der Waals surface area contributed by atoms with Gasteiger partial charge in [-0.2, -0.15) is 0 Å². The van der Waals surface area contributed by atoms with Crippen molar-refractivity contribution < 1.29 is 13.9 Å². The van der Waals surface area contributed by atoms with Crippen molar-refractivity contribution >= 4 is 34.1 Å². The van der Waals surface area contributed by atoms with Gasteiger partial charge in [0.1, 0.15) is 18.2 Å². The predicted octanol–water partition coefficient (Wildman–Crippen LogP) is 4.49. The third-order valence-electron chi connectivity index (χ3n) is 5.12. The van der Waals surface area contributed by atoms with Gasteiger partial charge in [-0.3, -0.25) is 4.79 Å². The highest BCUT2D eigenvalue weighted by molar-refractivity contribution is 7.99. The molecule has 8 nitrogen and oxygen atoms in total. The summed E-state index contributed by atoms with van der Waals surface area (Å²) in [4.78, 5) is 17.0. The summed E-state index contributed by atoms with van der Waals surface area (Å²) in [6.45, 7) is 6.26. The van der Waals surface area contributed by atoms with Crippen LogP contribution in [0, 0.1) is 26.6 Å². The molecule has 1 amide bonds. The smallest absolute Gasteiger partial charge is 0.236 e. The van der Waals surface area contributed by atoms with E-state index in [0.717, 1.165) is 28.6 Å². The molecule has 0 unspecified atom stereocenters. The molecule has 0 atom stereocenters. The standard InChI is InChI=1S/C23H23FN6O2S2/c1-13-8-15(3)18(9-14(13)2)19-11-33-22(26-19)27-21(31)12-34-23-29-28-20(30(23)25)10-32-17-6-4-16(24)5-7-17/h4-9,11H,10,12,25H2,1-3H3,(H,26,27,31). The fourth-order valence-electron chi connectivity index (χ4n) is 3.16. The van der Waals surface area contributed by atoms with E-state index in [4.69, 9.17) is 10.6 Å². The number of nitrogens with one attached hydrogen (secondary N) is 1. The van der Waals surface area contributed by atoms with E-state index in [2.05, 4.69) is 53.4 Å². The topological polar surface area (TPSA) is 108 Å². The predicted molar refractivity (Wildman–Crippen MR) is 132 cm³/mol. The minimum Gasteiger partial charge on any atom is -0.486 e. The Kier molecular flexibility index (Phi) is 7.13. The minimum absolute atomic E-state index is 0.0572. The van der Waals surface area contributed by atoms with Crippen LogP contribution in [0.4, 0.5) is 9.52 Å². The van der Waals surface area contributed by atoms with Crippen LogP contribution in [0.15, 0.2) is 46.9 Å². The van der Waals surface area contributed by atoms with Gasteiger partial charge in [0.2, 0.25) is 11.1 Å². The number of nitrogen functional groups attached to an aromatic ring is 1. The molecule has 176 valence electrons. The zero-order valence-corrected chi connectivity index (χ0v) is 20.5. The van der Waals surface area contributed by atoms with Gasteiger partial charge in [0.05, 0.1) is 11.4 Å². The summed E-state index contributed by atoms with van der Waals surface area (Å²) < 4.78 is 19.8. The Balaban J connectivity index is 1.32. The third-order valence-corrected chi connectivity index (χ3v) is 6.82. The van der Waals surface area contributed by atoms with Gasteiger partial charge >= 0.3 is 0 Å². The maximum absolute atomic E-state index is 13.0. The van der Waals surface area contributed by atoms with Crippen molar-refractivity contribution in [3.8, 4) is 17.0 Å². The molecule has 0 aliphatic carbocycles. The number of halogens is 1. The van der Waals surface area contributed by atoms with Gasteiger partial charge in [-0.15, -0.1) is 21.5 Å². The summed E-state index contributed by atoms with van der Waals surface area (Å²) in [6.07, 6.45) is 0. The first kappa shape index (κ1) is 23.7. The summed E-state index contributed by atoms with van der Waals surface area (Å²) in [5, 5.41) is 13.7. The van der Waals surface area contributed by atoms with Crippen LogP contribution in [-0.4, -0.2) is 31.5 Å². The SMILES string of the molecule is Cc1cc(C)c(-c2csc(NC(=O)CSc3nnc(COc4ccc(F)cc4)n3N)n2)cc1C. The quantitative estimate of drug-likeness (QED) is 0.272. The number of hydrogen-bond donors (Lipinski definition) is 2. The summed E-state index contributed by atoms with van der Waals surface area (Å²) >= 11 is 2.53. The molecular formula is C23H23FN6O2S2. The summed E-state index contributed by atoms with van der Waals surface area (Å²) in [5.74, 6) is 6.40. The number of benzene rings is 2. The number of nitrogens with two attached hydrogens (primary N) is 1. The van der Waals surface area contributed by atoms with Crippen molar-refractivity contribution in [2.75, 3.05) is 16.9 Å². The van der Waals surface area contributed by atoms with Gasteiger partial charge in [-0.25, -0.2) is 14.1 Å². The van der Waals surface area contributed by atoms with Crippen molar-refractivity contribution in [3.05, 3.63) is 70.1 Å². The number of amides is 1. The highest BCUT2D eigenvalue weighted by atomic mass is 32.2. The number of aryl methyl sites for hydroxylation is 3. The molecule has 0 bridgehead atoms. The Bertz CT molecular complexity index is 1320. The lowest BCUT2D eigenvalue weighted by atomic mass is 9.99. The lowest BCUT2D eigenvalue weighted by Gasteiger charge is -2.07. The molecule has 2 aromatic heterocycles. The van der Waals surface area contributed by atoms with Crippen LogP contribution in [0.5, 0.6) is 5.75 Å². The van der Waals surface area contributed by atoms with E-state index in [1.807, 2.05) is 5.38 Å². The van der Waals surface area contributed by atoms with Crippen LogP contribution in [0.3, 0.4) is 0 Å². The van der Waals surface area contributed by atoms with Crippen molar-refractivity contribution in [1.82, 2.24) is 19.9 Å². The number of nitrogens with zero attached hydrogens (tertiary/aromatic N) is 4. The number of anilines is 1. The maximum Gasteiger partial charge on any atom is 0.236 e.